The first-order chi connectivity index (χ1) is 58.3. The molecule has 0 spiro atoms. The number of hydrogen-bond acceptors (Lipinski definition) is 24. The number of amides is 3. The Morgan fingerprint density at radius 2 is 0.705 bits per heavy atom. The van der Waals surface area contributed by atoms with Gasteiger partial charge in [0.15, 0.2) is 0 Å². The average Bonchev–Trinajstić information content (AvgIpc) is 1.62. The van der Waals surface area contributed by atoms with Gasteiger partial charge >= 0.3 is 0 Å². The molecular formula is C92H106N24O6. The van der Waals surface area contributed by atoms with Crippen LogP contribution in [0.25, 0.3) is 66.5 Å². The van der Waals surface area contributed by atoms with Crippen LogP contribution in [0.4, 0.5) is 69.0 Å². The van der Waals surface area contributed by atoms with Gasteiger partial charge < -0.3 is 89.2 Å². The number of ether oxygens (including phenoxy) is 3. The molecular weight excluding hydrogens is 1540 g/mol. The normalized spacial score (nSPS) is 10.9. The topological polar surface area (TPSA) is 334 Å². The van der Waals surface area contributed by atoms with Crippen molar-refractivity contribution in [2.75, 3.05) is 164 Å². The number of nitriles is 3. The zero-order valence-corrected chi connectivity index (χ0v) is 72.8. The maximum absolute atomic E-state index is 12.4. The van der Waals surface area contributed by atoms with E-state index in [1.54, 1.807) is 58.1 Å². The Labute approximate surface area is 712 Å². The molecule has 0 aliphatic rings. The van der Waals surface area contributed by atoms with E-state index < -0.39 is 0 Å². The second kappa shape index (κ2) is 40.2. The van der Waals surface area contributed by atoms with Gasteiger partial charge in [-0.15, -0.1) is 0 Å². The second-order valence-corrected chi connectivity index (χ2v) is 30.3. The van der Waals surface area contributed by atoms with Crippen molar-refractivity contribution in [1.29, 1.82) is 15.8 Å². The van der Waals surface area contributed by atoms with Crippen LogP contribution in [-0.4, -0.2) is 199 Å². The summed E-state index contributed by atoms with van der Waals surface area (Å²) in [4.78, 5) is 77.0. The molecule has 12 rings (SSSR count). The fourth-order valence-electron chi connectivity index (χ4n) is 14.0. The standard InChI is InChI=1S/C32H38N8O2.2C30H34N8O2/c1-9-30(41)35-26-16-27(29(42-8)17-28(26)39(6)13-12-38(5)20(2)3)37-32-34-11-10-25(36-32)22-14-23(18-33)31-24(15-22)21(4)19-40(31)7;2*1-8-28(39)33-24-15-25(27(40-7)16-26(24)37(5)12-11-36(3)4)35-30-32-10-9-23(34-30)20-13-21(17-31)29-22(14-20)19(2)18-38(29)6/h9-11,14-17,19-20H,1,12-13H2,2-8H3,(H,35,41)(H,34,36,37);2*8-10,13-16,18H,1,11-12H2,2-7H3,(H,33,39)(H,32,34,35). The number of aromatic nitrogens is 9. The van der Waals surface area contributed by atoms with E-state index in [1.807, 2.05) is 196 Å². The minimum Gasteiger partial charge on any atom is -0.494 e. The molecule has 6 heterocycles. The quantitative estimate of drug-likeness (QED) is 0.0220. The summed E-state index contributed by atoms with van der Waals surface area (Å²) in [7, 11) is 26.6. The Hall–Kier alpha value is -14.6. The molecule has 0 aliphatic heterocycles. The highest BCUT2D eigenvalue weighted by Crippen LogP contribution is 2.43. The van der Waals surface area contributed by atoms with Crippen molar-refractivity contribution in [2.45, 2.75) is 40.7 Å². The number of carbonyl (C=O) groups excluding carboxylic acids is 3. The van der Waals surface area contributed by atoms with E-state index in [1.165, 1.54) is 18.2 Å². The van der Waals surface area contributed by atoms with E-state index in [2.05, 4.69) is 135 Å². The molecule has 30 nitrogen and oxygen atoms in total. The monoisotopic (exact) mass is 1640 g/mol. The number of rotatable bonds is 31. The molecule has 0 aliphatic carbocycles. The molecule has 6 aromatic carbocycles. The van der Waals surface area contributed by atoms with Crippen molar-refractivity contribution in [3.63, 3.8) is 0 Å². The summed E-state index contributed by atoms with van der Waals surface area (Å²) in [5, 5.41) is 50.9. The number of nitrogens with one attached hydrogen (secondary N) is 6. The van der Waals surface area contributed by atoms with Crippen LogP contribution >= 0.6 is 0 Å². The van der Waals surface area contributed by atoms with Gasteiger partial charge in [0.25, 0.3) is 0 Å². The lowest BCUT2D eigenvalue weighted by Crippen LogP contribution is -2.35. The molecule has 0 unspecified atom stereocenters. The van der Waals surface area contributed by atoms with Crippen molar-refractivity contribution >= 4 is 119 Å². The summed E-state index contributed by atoms with van der Waals surface area (Å²) in [6, 6.07) is 35.5. The van der Waals surface area contributed by atoms with Gasteiger partial charge in [-0.05, 0) is 178 Å². The van der Waals surface area contributed by atoms with Crippen LogP contribution in [0.1, 0.15) is 47.2 Å². The lowest BCUT2D eigenvalue weighted by atomic mass is 10.0. The zero-order chi connectivity index (χ0) is 88.5. The Morgan fingerprint density at radius 3 is 0.951 bits per heavy atom. The predicted molar refractivity (Wildman–Crippen MR) is 490 cm³/mol. The number of carbonyl (C=O) groups is 3. The highest BCUT2D eigenvalue weighted by molar-refractivity contribution is 6.05. The third kappa shape index (κ3) is 21.3. The number of aryl methyl sites for hydroxylation is 6. The van der Waals surface area contributed by atoms with Gasteiger partial charge in [0.1, 0.15) is 35.5 Å². The summed E-state index contributed by atoms with van der Waals surface area (Å²) in [6.45, 7) is 25.8. The maximum atomic E-state index is 12.4. The molecule has 6 aromatic heterocycles. The molecule has 0 saturated heterocycles. The number of benzene rings is 6. The fourth-order valence-corrected chi connectivity index (χ4v) is 14.0. The lowest BCUT2D eigenvalue weighted by molar-refractivity contribution is -0.112. The predicted octanol–water partition coefficient (Wildman–Crippen LogP) is 14.8. The Kier molecular flexibility index (Phi) is 29.6. The summed E-state index contributed by atoms with van der Waals surface area (Å²) in [6.07, 6.45) is 14.7. The van der Waals surface area contributed by atoms with E-state index in [9.17, 15) is 30.2 Å². The SMILES string of the molecule is C=CC(=O)Nc1cc(Nc2nccc(-c3cc(C#N)c4c(c3)c(C)cn4C)n2)c(OC)cc1N(C)CCN(C)C.C=CC(=O)Nc1cc(Nc2nccc(-c3cc(C#N)c4c(c3)c(C)cn4C)n2)c(OC)cc1N(C)CCN(C)C.C=CC(=O)Nc1cc(Nc2nccc(-c3cc(C#N)c4c(c3)c(C)cn4C)n2)c(OC)cc1N(C)CCN(C)C(C)C. The number of methoxy groups -OCH3 is 3. The summed E-state index contributed by atoms with van der Waals surface area (Å²) >= 11 is 0. The molecule has 3 amide bonds. The molecule has 30 heteroatoms. The first-order valence-corrected chi connectivity index (χ1v) is 39.3. The van der Waals surface area contributed by atoms with Crippen LogP contribution in [0.5, 0.6) is 17.2 Å². The molecule has 630 valence electrons. The van der Waals surface area contributed by atoms with E-state index in [0.717, 1.165) is 122 Å². The van der Waals surface area contributed by atoms with Crippen molar-refractivity contribution < 1.29 is 28.6 Å². The Bertz CT molecular complexity index is 5810. The Morgan fingerprint density at radius 1 is 0.426 bits per heavy atom. The van der Waals surface area contributed by atoms with Crippen LogP contribution < -0.4 is 60.8 Å². The third-order valence-electron chi connectivity index (χ3n) is 20.7. The molecule has 0 bridgehead atoms. The first kappa shape index (κ1) is 89.7. The fraction of sp³-hybridized carbons (Fsp3) is 0.283. The number of anilines is 12. The van der Waals surface area contributed by atoms with Gasteiger partial charge in [-0.25, -0.2) is 29.9 Å². The van der Waals surface area contributed by atoms with Crippen molar-refractivity contribution in [3.05, 3.63) is 200 Å². The van der Waals surface area contributed by atoms with Crippen LogP contribution in [-0.2, 0) is 35.5 Å². The lowest BCUT2D eigenvalue weighted by Gasteiger charge is -2.28. The largest absolute Gasteiger partial charge is 0.494 e. The number of nitrogens with zero attached hydrogens (tertiary/aromatic N) is 18. The zero-order valence-electron chi connectivity index (χ0n) is 72.8. The Balaban J connectivity index is 0.000000192. The van der Waals surface area contributed by atoms with Crippen molar-refractivity contribution in [1.82, 2.24) is 58.3 Å². The maximum Gasteiger partial charge on any atom is 0.247 e. The van der Waals surface area contributed by atoms with Crippen molar-refractivity contribution in [3.8, 4) is 69.2 Å². The molecule has 0 atom stereocenters. The van der Waals surface area contributed by atoms with Gasteiger partial charge in [0.2, 0.25) is 35.6 Å². The van der Waals surface area contributed by atoms with Crippen LogP contribution in [0, 0.1) is 54.8 Å². The number of hydrogen-bond donors (Lipinski definition) is 6. The highest BCUT2D eigenvalue weighted by atomic mass is 16.5. The minimum atomic E-state index is -0.323. The van der Waals surface area contributed by atoms with Crippen LogP contribution in [0.2, 0.25) is 0 Å². The summed E-state index contributed by atoms with van der Waals surface area (Å²) < 4.78 is 23.1. The first-order valence-electron chi connectivity index (χ1n) is 39.3. The van der Waals surface area contributed by atoms with E-state index in [0.29, 0.717) is 109 Å². The molecule has 12 aromatic rings. The molecule has 122 heavy (non-hydrogen) atoms. The van der Waals surface area contributed by atoms with Gasteiger partial charge in [-0.3, -0.25) is 14.4 Å². The molecule has 0 radical (unpaired) electrons. The smallest absolute Gasteiger partial charge is 0.247 e. The number of fused-ring (bicyclic) bond motifs is 3. The highest BCUT2D eigenvalue weighted by Gasteiger charge is 2.24. The van der Waals surface area contributed by atoms with Crippen LogP contribution in [0.3, 0.4) is 0 Å². The van der Waals surface area contributed by atoms with Gasteiger partial charge in [-0.2, -0.15) is 15.8 Å². The van der Waals surface area contributed by atoms with Gasteiger partial charge in [0, 0.05) is 176 Å². The third-order valence-corrected chi connectivity index (χ3v) is 20.7. The van der Waals surface area contributed by atoms with Gasteiger partial charge in [-0.1, -0.05) is 19.7 Å². The minimum absolute atomic E-state index is 0.321. The van der Waals surface area contributed by atoms with E-state index in [4.69, 9.17) is 29.2 Å². The summed E-state index contributed by atoms with van der Waals surface area (Å²) in [5.74, 6) is 1.74. The second-order valence-electron chi connectivity index (χ2n) is 30.3. The molecule has 0 fully saturated rings. The van der Waals surface area contributed by atoms with E-state index >= 15 is 0 Å². The average molecular weight is 1640 g/mol. The van der Waals surface area contributed by atoms with E-state index in [-0.39, 0.29) is 17.7 Å². The summed E-state index contributed by atoms with van der Waals surface area (Å²) in [5.41, 5.74) is 18.0. The molecule has 0 saturated carbocycles. The van der Waals surface area contributed by atoms with Crippen LogP contribution in [0.15, 0.2) is 166 Å². The molecule has 6 N–H and O–H groups in total. The van der Waals surface area contributed by atoms with Gasteiger partial charge in [0.05, 0.1) is 123 Å². The van der Waals surface area contributed by atoms with Crippen molar-refractivity contribution in [2.24, 2.45) is 21.1 Å². The number of likely N-dealkylation sites (N-methyl/N-ethyl adjacent to an activating group) is 6.